The first kappa shape index (κ1) is 20.0. The Bertz CT molecular complexity index is 1160. The van der Waals surface area contributed by atoms with Gasteiger partial charge in [0.1, 0.15) is 17.8 Å². The highest BCUT2D eigenvalue weighted by molar-refractivity contribution is 6.07. The third kappa shape index (κ3) is 3.56. The van der Waals surface area contributed by atoms with Crippen molar-refractivity contribution >= 4 is 17.6 Å². The van der Waals surface area contributed by atoms with Crippen molar-refractivity contribution in [1.29, 1.82) is 0 Å². The summed E-state index contributed by atoms with van der Waals surface area (Å²) in [5.74, 6) is 0.540. The Morgan fingerprint density at radius 2 is 1.84 bits per heavy atom. The summed E-state index contributed by atoms with van der Waals surface area (Å²) in [7, 11) is 1.56. The van der Waals surface area contributed by atoms with E-state index in [9.17, 15) is 19.7 Å². The van der Waals surface area contributed by atoms with Gasteiger partial charge in [0.05, 0.1) is 12.0 Å². The van der Waals surface area contributed by atoms with Gasteiger partial charge in [-0.3, -0.25) is 19.8 Å². The van der Waals surface area contributed by atoms with E-state index in [0.29, 0.717) is 22.7 Å². The molecule has 31 heavy (non-hydrogen) atoms. The molecule has 0 saturated carbocycles. The second kappa shape index (κ2) is 7.52. The number of nitrogens with one attached hydrogen (secondary N) is 1. The van der Waals surface area contributed by atoms with Crippen LogP contribution in [0.4, 0.5) is 10.5 Å². The molecule has 2 aromatic carbocycles. The van der Waals surface area contributed by atoms with Crippen LogP contribution in [0.25, 0.3) is 11.4 Å². The molecule has 3 amide bonds. The third-order valence-electron chi connectivity index (χ3n) is 5.04. The van der Waals surface area contributed by atoms with E-state index in [-0.39, 0.29) is 18.1 Å². The lowest BCUT2D eigenvalue weighted by molar-refractivity contribution is -0.384. The van der Waals surface area contributed by atoms with E-state index < -0.39 is 22.4 Å². The number of hydrogen-bond donors (Lipinski definition) is 1. The summed E-state index contributed by atoms with van der Waals surface area (Å²) in [6, 6.07) is 11.8. The fourth-order valence-corrected chi connectivity index (χ4v) is 3.26. The van der Waals surface area contributed by atoms with E-state index >= 15 is 0 Å². The van der Waals surface area contributed by atoms with Gasteiger partial charge in [0.25, 0.3) is 11.6 Å². The first-order valence-corrected chi connectivity index (χ1v) is 9.18. The maximum Gasteiger partial charge on any atom is 0.325 e. The molecule has 0 radical (unpaired) electrons. The Kier molecular flexibility index (Phi) is 4.85. The van der Waals surface area contributed by atoms with Gasteiger partial charge >= 0.3 is 6.03 Å². The molecule has 1 N–H and O–H groups in total. The van der Waals surface area contributed by atoms with Crippen molar-refractivity contribution in [1.82, 2.24) is 20.4 Å². The summed E-state index contributed by atoms with van der Waals surface area (Å²) in [6.07, 6.45) is 0. The SMILES string of the molecule is COc1ccc(-c2noc(CN3C(=O)NC(C)(c4ccc([N+](=O)[O-])cc4)C3=O)n2)cc1. The van der Waals surface area contributed by atoms with Crippen LogP contribution in [-0.2, 0) is 16.9 Å². The fraction of sp³-hybridized carbons (Fsp3) is 0.200. The number of imide groups is 1. The number of non-ortho nitro benzene ring substituents is 1. The van der Waals surface area contributed by atoms with Crippen molar-refractivity contribution in [2.75, 3.05) is 7.11 Å². The summed E-state index contributed by atoms with van der Waals surface area (Å²) in [5.41, 5.74) is -0.379. The first-order valence-electron chi connectivity index (χ1n) is 9.18. The first-order chi connectivity index (χ1) is 14.8. The predicted molar refractivity (Wildman–Crippen MR) is 106 cm³/mol. The number of benzene rings is 2. The molecule has 1 fully saturated rings. The summed E-state index contributed by atoms with van der Waals surface area (Å²) in [6.45, 7) is 1.32. The van der Waals surface area contributed by atoms with E-state index in [1.807, 2.05) is 0 Å². The summed E-state index contributed by atoms with van der Waals surface area (Å²) in [4.78, 5) is 41.0. The molecular formula is C20H17N5O6. The molecule has 1 atom stereocenters. The Morgan fingerprint density at radius 3 is 2.45 bits per heavy atom. The molecule has 11 heteroatoms. The number of amides is 3. The number of nitro benzene ring substituents is 1. The molecule has 3 aromatic rings. The number of nitrogens with zero attached hydrogens (tertiary/aromatic N) is 4. The Hall–Kier alpha value is -4.28. The Balaban J connectivity index is 1.53. The van der Waals surface area contributed by atoms with Crippen molar-refractivity contribution in [3.8, 4) is 17.1 Å². The minimum atomic E-state index is -1.37. The van der Waals surface area contributed by atoms with E-state index in [2.05, 4.69) is 15.5 Å². The molecule has 1 saturated heterocycles. The zero-order valence-corrected chi connectivity index (χ0v) is 16.6. The highest BCUT2D eigenvalue weighted by Crippen LogP contribution is 2.31. The topological polar surface area (TPSA) is 141 Å². The van der Waals surface area contributed by atoms with Crippen molar-refractivity contribution in [2.45, 2.75) is 19.0 Å². The predicted octanol–water partition coefficient (Wildman–Crippen LogP) is 2.62. The number of carbonyl (C=O) groups excluding carboxylic acids is 2. The van der Waals surface area contributed by atoms with Gasteiger partial charge in [-0.15, -0.1) is 0 Å². The van der Waals surface area contributed by atoms with E-state index in [1.54, 1.807) is 31.4 Å². The van der Waals surface area contributed by atoms with Crippen LogP contribution in [0, 0.1) is 10.1 Å². The number of nitro groups is 1. The van der Waals surface area contributed by atoms with Crippen LogP contribution in [0.1, 0.15) is 18.4 Å². The average Bonchev–Trinajstić information content (AvgIpc) is 3.33. The number of carbonyl (C=O) groups is 2. The van der Waals surface area contributed by atoms with Crippen LogP contribution in [0.2, 0.25) is 0 Å². The molecule has 0 aliphatic carbocycles. The van der Waals surface area contributed by atoms with Crippen LogP contribution in [0.15, 0.2) is 53.1 Å². The normalized spacial score (nSPS) is 18.2. The largest absolute Gasteiger partial charge is 0.497 e. The highest BCUT2D eigenvalue weighted by atomic mass is 16.6. The van der Waals surface area contributed by atoms with Gasteiger partial charge in [0.15, 0.2) is 0 Å². The monoisotopic (exact) mass is 423 g/mol. The van der Waals surface area contributed by atoms with Crippen LogP contribution >= 0.6 is 0 Å². The zero-order valence-electron chi connectivity index (χ0n) is 16.6. The van der Waals surface area contributed by atoms with Crippen molar-refractivity contribution < 1.29 is 23.8 Å². The van der Waals surface area contributed by atoms with Crippen molar-refractivity contribution in [2.24, 2.45) is 0 Å². The van der Waals surface area contributed by atoms with Gasteiger partial charge in [-0.05, 0) is 48.9 Å². The molecule has 1 aliphatic heterocycles. The van der Waals surface area contributed by atoms with Gasteiger partial charge in [-0.1, -0.05) is 5.16 Å². The maximum atomic E-state index is 13.0. The van der Waals surface area contributed by atoms with Gasteiger partial charge in [-0.25, -0.2) is 4.79 Å². The quantitative estimate of drug-likeness (QED) is 0.362. The molecule has 1 aliphatic rings. The molecule has 0 bridgehead atoms. The average molecular weight is 423 g/mol. The maximum absolute atomic E-state index is 13.0. The highest BCUT2D eigenvalue weighted by Gasteiger charge is 2.49. The standard InChI is InChI=1S/C20H17N5O6/c1-20(13-5-7-14(8-6-13)25(28)29)18(26)24(19(27)22-20)11-16-21-17(23-31-16)12-3-9-15(30-2)10-4-12/h3-10H,11H2,1-2H3,(H,22,27). The van der Waals surface area contributed by atoms with Crippen LogP contribution < -0.4 is 10.1 Å². The molecule has 1 aromatic heterocycles. The molecule has 1 unspecified atom stereocenters. The van der Waals surface area contributed by atoms with E-state index in [4.69, 9.17) is 9.26 Å². The van der Waals surface area contributed by atoms with Crippen LogP contribution in [0.3, 0.4) is 0 Å². The second-order valence-electron chi connectivity index (χ2n) is 6.99. The number of methoxy groups -OCH3 is 1. The third-order valence-corrected chi connectivity index (χ3v) is 5.04. The second-order valence-corrected chi connectivity index (χ2v) is 6.99. The summed E-state index contributed by atoms with van der Waals surface area (Å²) in [5, 5.41) is 17.4. The molecule has 4 rings (SSSR count). The molecule has 0 spiro atoms. The fourth-order valence-electron chi connectivity index (χ4n) is 3.26. The van der Waals surface area contributed by atoms with Gasteiger partial charge in [0.2, 0.25) is 11.7 Å². The lowest BCUT2D eigenvalue weighted by Crippen LogP contribution is -2.40. The minimum Gasteiger partial charge on any atom is -0.497 e. The summed E-state index contributed by atoms with van der Waals surface area (Å²) >= 11 is 0. The summed E-state index contributed by atoms with van der Waals surface area (Å²) < 4.78 is 10.3. The zero-order chi connectivity index (χ0) is 22.2. The van der Waals surface area contributed by atoms with E-state index in [0.717, 1.165) is 4.90 Å². The number of ether oxygens (including phenoxy) is 1. The minimum absolute atomic E-state index is 0.0854. The van der Waals surface area contributed by atoms with Gasteiger partial charge in [0, 0.05) is 17.7 Å². The molecular weight excluding hydrogens is 406 g/mol. The molecule has 11 nitrogen and oxygen atoms in total. The number of aromatic nitrogens is 2. The van der Waals surface area contributed by atoms with Crippen molar-refractivity contribution in [3.05, 3.63) is 70.1 Å². The lowest BCUT2D eigenvalue weighted by atomic mass is 9.92. The number of hydrogen-bond acceptors (Lipinski definition) is 8. The van der Waals surface area contributed by atoms with Gasteiger partial charge < -0.3 is 14.6 Å². The number of rotatable bonds is 6. The Labute approximate surface area is 175 Å². The van der Waals surface area contributed by atoms with Gasteiger partial charge in [-0.2, -0.15) is 4.98 Å². The number of urea groups is 1. The molecule has 2 heterocycles. The smallest absolute Gasteiger partial charge is 0.325 e. The molecule has 158 valence electrons. The van der Waals surface area contributed by atoms with Crippen molar-refractivity contribution in [3.63, 3.8) is 0 Å². The van der Waals surface area contributed by atoms with Crippen LogP contribution in [-0.4, -0.2) is 39.0 Å². The van der Waals surface area contributed by atoms with Crippen LogP contribution in [0.5, 0.6) is 5.75 Å². The lowest BCUT2D eigenvalue weighted by Gasteiger charge is -2.21. The Morgan fingerprint density at radius 1 is 1.16 bits per heavy atom. The van der Waals surface area contributed by atoms with E-state index in [1.165, 1.54) is 31.2 Å².